The van der Waals surface area contributed by atoms with Crippen LogP contribution in [0.15, 0.2) is 24.1 Å². The molecule has 0 N–H and O–H groups in total. The van der Waals surface area contributed by atoms with Gasteiger partial charge in [-0.3, -0.25) is 0 Å². The van der Waals surface area contributed by atoms with Crippen molar-refractivity contribution in [2.45, 2.75) is 0 Å². The van der Waals surface area contributed by atoms with Crippen LogP contribution in [0, 0.1) is 0 Å². The molecular formula is C7H10O2S. The summed E-state index contributed by atoms with van der Waals surface area (Å²) in [5.74, 6) is -0.384. The Bertz CT molecular complexity index is 141. The first-order chi connectivity index (χ1) is 4.81. The highest BCUT2D eigenvalue weighted by atomic mass is 32.2. The van der Waals surface area contributed by atoms with Gasteiger partial charge in [-0.25, -0.2) is 4.79 Å². The predicted octanol–water partition coefficient (Wildman–Crippen LogP) is 1.59. The molecule has 0 amide bonds. The fraction of sp³-hybridized carbons (Fsp3) is 0.286. The van der Waals surface area contributed by atoms with Crippen molar-refractivity contribution in [3.05, 3.63) is 24.1 Å². The van der Waals surface area contributed by atoms with E-state index in [4.69, 9.17) is 0 Å². The van der Waals surface area contributed by atoms with E-state index in [9.17, 15) is 4.79 Å². The van der Waals surface area contributed by atoms with Gasteiger partial charge in [0.25, 0.3) is 0 Å². The third kappa shape index (κ3) is 5.44. The summed E-state index contributed by atoms with van der Waals surface area (Å²) in [5, 5.41) is 1.86. The van der Waals surface area contributed by atoms with Crippen LogP contribution in [0.1, 0.15) is 0 Å². The smallest absolute Gasteiger partial charge is 0.330 e. The van der Waals surface area contributed by atoms with Gasteiger partial charge >= 0.3 is 5.97 Å². The number of hydrogen-bond acceptors (Lipinski definition) is 3. The molecule has 0 aliphatic heterocycles. The Labute approximate surface area is 64.9 Å². The molecule has 0 radical (unpaired) electrons. The minimum absolute atomic E-state index is 0.325. The number of carbonyl (C=O) groups excluding carboxylic acids is 1. The van der Waals surface area contributed by atoms with Gasteiger partial charge in [0.15, 0.2) is 0 Å². The van der Waals surface area contributed by atoms with E-state index >= 15 is 0 Å². The highest BCUT2D eigenvalue weighted by molar-refractivity contribution is 8.01. The van der Waals surface area contributed by atoms with Crippen LogP contribution in [0.25, 0.3) is 0 Å². The topological polar surface area (TPSA) is 26.3 Å². The van der Waals surface area contributed by atoms with Gasteiger partial charge in [-0.1, -0.05) is 6.58 Å². The van der Waals surface area contributed by atoms with E-state index in [-0.39, 0.29) is 5.97 Å². The summed E-state index contributed by atoms with van der Waals surface area (Å²) < 4.78 is 4.64. The Kier molecular flexibility index (Phi) is 5.97. The van der Waals surface area contributed by atoms with Gasteiger partial charge in [0, 0.05) is 6.08 Å². The number of hydrogen-bond donors (Lipinski definition) is 0. The zero-order valence-corrected chi connectivity index (χ0v) is 6.69. The molecule has 10 heavy (non-hydrogen) atoms. The number of ether oxygens (including phenoxy) is 1. The molecule has 0 heterocycles. The summed E-state index contributed by atoms with van der Waals surface area (Å²) in [7, 11) is 0. The molecular weight excluding hydrogens is 148 g/mol. The van der Waals surface area contributed by atoms with Crippen molar-refractivity contribution >= 4 is 17.7 Å². The molecule has 0 aromatic heterocycles. The van der Waals surface area contributed by atoms with Crippen LogP contribution in [0.3, 0.4) is 0 Å². The highest BCUT2D eigenvalue weighted by Gasteiger charge is 1.88. The SMILES string of the molecule is C=CC(=O)OCC=CSC. The lowest BCUT2D eigenvalue weighted by Crippen LogP contribution is -1.98. The monoisotopic (exact) mass is 158 g/mol. The number of carbonyl (C=O) groups is 1. The van der Waals surface area contributed by atoms with Crippen molar-refractivity contribution in [1.29, 1.82) is 0 Å². The second-order valence-electron chi connectivity index (χ2n) is 1.44. The lowest BCUT2D eigenvalue weighted by Gasteiger charge is -1.93. The van der Waals surface area contributed by atoms with Crippen LogP contribution >= 0.6 is 11.8 Å². The average Bonchev–Trinajstić information content (AvgIpc) is 1.98. The van der Waals surface area contributed by atoms with Crippen molar-refractivity contribution in [1.82, 2.24) is 0 Å². The van der Waals surface area contributed by atoms with Gasteiger partial charge in [0.1, 0.15) is 6.61 Å². The van der Waals surface area contributed by atoms with Crippen LogP contribution in [-0.4, -0.2) is 18.8 Å². The van der Waals surface area contributed by atoms with Crippen molar-refractivity contribution in [2.75, 3.05) is 12.9 Å². The molecule has 3 heteroatoms. The maximum atomic E-state index is 10.4. The van der Waals surface area contributed by atoms with E-state index in [1.165, 1.54) is 0 Å². The molecule has 0 aromatic carbocycles. The Balaban J connectivity index is 3.27. The van der Waals surface area contributed by atoms with Gasteiger partial charge < -0.3 is 4.74 Å². The molecule has 0 saturated carbocycles. The average molecular weight is 158 g/mol. The van der Waals surface area contributed by atoms with Gasteiger partial charge in [-0.2, -0.15) is 0 Å². The standard InChI is InChI=1S/C7H10O2S/c1-3-7(8)9-5-4-6-10-2/h3-4,6H,1,5H2,2H3. The summed E-state index contributed by atoms with van der Waals surface area (Å²) in [4.78, 5) is 10.4. The maximum absolute atomic E-state index is 10.4. The molecule has 0 aromatic rings. The first-order valence-electron chi connectivity index (χ1n) is 2.78. The zero-order chi connectivity index (χ0) is 7.82. The molecule has 0 aliphatic carbocycles. The van der Waals surface area contributed by atoms with E-state index in [1.807, 2.05) is 11.7 Å². The van der Waals surface area contributed by atoms with E-state index < -0.39 is 0 Å². The minimum Gasteiger partial charge on any atom is -0.458 e. The third-order valence-electron chi connectivity index (χ3n) is 0.721. The van der Waals surface area contributed by atoms with Crippen LogP contribution in [-0.2, 0) is 9.53 Å². The predicted molar refractivity (Wildman–Crippen MR) is 43.8 cm³/mol. The molecule has 0 atom stereocenters. The van der Waals surface area contributed by atoms with E-state index in [1.54, 1.807) is 17.8 Å². The fourth-order valence-electron chi connectivity index (χ4n) is 0.325. The Morgan fingerprint density at radius 2 is 2.50 bits per heavy atom. The lowest BCUT2D eigenvalue weighted by atomic mass is 10.6. The Morgan fingerprint density at radius 3 is 3.00 bits per heavy atom. The molecule has 0 aliphatic rings. The fourth-order valence-corrected chi connectivity index (χ4v) is 0.596. The van der Waals surface area contributed by atoms with Crippen LogP contribution in [0.2, 0.25) is 0 Å². The van der Waals surface area contributed by atoms with Crippen LogP contribution in [0.5, 0.6) is 0 Å². The highest BCUT2D eigenvalue weighted by Crippen LogP contribution is 1.92. The second-order valence-corrected chi connectivity index (χ2v) is 2.19. The van der Waals surface area contributed by atoms with Gasteiger partial charge in [-0.05, 0) is 17.7 Å². The van der Waals surface area contributed by atoms with Gasteiger partial charge in [0.05, 0.1) is 0 Å². The quantitative estimate of drug-likeness (QED) is 0.459. The largest absolute Gasteiger partial charge is 0.458 e. The lowest BCUT2D eigenvalue weighted by molar-refractivity contribution is -0.136. The number of esters is 1. The minimum atomic E-state index is -0.384. The van der Waals surface area contributed by atoms with Crippen molar-refractivity contribution in [3.8, 4) is 0 Å². The van der Waals surface area contributed by atoms with E-state index in [0.717, 1.165) is 6.08 Å². The Hall–Kier alpha value is -0.700. The van der Waals surface area contributed by atoms with Gasteiger partial charge in [0.2, 0.25) is 0 Å². The molecule has 0 unspecified atom stereocenters. The number of thioether (sulfide) groups is 1. The molecule has 56 valence electrons. The Morgan fingerprint density at radius 1 is 1.80 bits per heavy atom. The third-order valence-corrected chi connectivity index (χ3v) is 1.19. The first-order valence-corrected chi connectivity index (χ1v) is 4.07. The molecule has 0 saturated heterocycles. The second kappa shape index (κ2) is 6.42. The van der Waals surface area contributed by atoms with Crippen molar-refractivity contribution < 1.29 is 9.53 Å². The van der Waals surface area contributed by atoms with Crippen LogP contribution in [0.4, 0.5) is 0 Å². The van der Waals surface area contributed by atoms with Gasteiger partial charge in [-0.15, -0.1) is 11.8 Å². The summed E-state index contributed by atoms with van der Waals surface area (Å²) >= 11 is 1.56. The number of rotatable bonds is 4. The molecule has 2 nitrogen and oxygen atoms in total. The van der Waals surface area contributed by atoms with E-state index in [2.05, 4.69) is 11.3 Å². The summed E-state index contributed by atoms with van der Waals surface area (Å²) in [6.07, 6.45) is 4.85. The maximum Gasteiger partial charge on any atom is 0.330 e. The van der Waals surface area contributed by atoms with Crippen molar-refractivity contribution in [2.24, 2.45) is 0 Å². The first kappa shape index (κ1) is 9.30. The van der Waals surface area contributed by atoms with Crippen molar-refractivity contribution in [3.63, 3.8) is 0 Å². The molecule has 0 spiro atoms. The normalized spacial score (nSPS) is 9.70. The molecule has 0 fully saturated rings. The molecule has 0 rings (SSSR count). The van der Waals surface area contributed by atoms with E-state index in [0.29, 0.717) is 6.61 Å². The zero-order valence-electron chi connectivity index (χ0n) is 5.87. The summed E-state index contributed by atoms with van der Waals surface area (Å²) in [6.45, 7) is 3.58. The molecule has 0 bridgehead atoms. The summed E-state index contributed by atoms with van der Waals surface area (Å²) in [5.41, 5.74) is 0. The summed E-state index contributed by atoms with van der Waals surface area (Å²) in [6, 6.07) is 0. The van der Waals surface area contributed by atoms with Crippen LogP contribution < -0.4 is 0 Å².